The van der Waals surface area contributed by atoms with E-state index in [1.54, 1.807) is 6.07 Å². The molecule has 1 aliphatic rings. The third-order valence-electron chi connectivity index (χ3n) is 3.76. The number of nitrogens with one attached hydrogen (secondary N) is 1. The number of aromatic hydroxyl groups is 1. The van der Waals surface area contributed by atoms with Crippen LogP contribution < -0.4 is 5.32 Å². The van der Waals surface area contributed by atoms with Crippen LogP contribution in [0.3, 0.4) is 0 Å². The molecule has 1 aromatic carbocycles. The van der Waals surface area contributed by atoms with Crippen molar-refractivity contribution in [1.82, 2.24) is 10.2 Å². The number of nitrogens with zero attached hydrogens (tertiary/aromatic N) is 2. The number of hydrogen-bond donors (Lipinski definition) is 2. The molecule has 19 heavy (non-hydrogen) atoms. The molecule has 0 saturated carbocycles. The fourth-order valence-corrected chi connectivity index (χ4v) is 2.87. The second kappa shape index (κ2) is 4.23. The van der Waals surface area contributed by atoms with E-state index in [2.05, 4.69) is 29.4 Å². The van der Waals surface area contributed by atoms with Gasteiger partial charge in [-0.3, -0.25) is 0 Å². The second-order valence-corrected chi connectivity index (χ2v) is 4.98. The summed E-state index contributed by atoms with van der Waals surface area (Å²) in [6, 6.07) is 5.72. The van der Waals surface area contributed by atoms with Crippen molar-refractivity contribution in [1.29, 1.82) is 0 Å². The van der Waals surface area contributed by atoms with Gasteiger partial charge in [-0.05, 0) is 42.7 Å². The highest BCUT2D eigenvalue weighted by molar-refractivity contribution is 5.82. The number of rotatable bonds is 2. The fourth-order valence-electron chi connectivity index (χ4n) is 2.87. The monoisotopic (exact) mass is 255 g/mol. The van der Waals surface area contributed by atoms with Gasteiger partial charge in [0, 0.05) is 18.0 Å². The standard InChI is InChI=1S/C15H17N3O/c1-4-16-12-7-10-9(3)13-8(2)5-6-11(19)14(13)15(10)18-17-12/h5-7,9,19H,4H2,1-3H3,(H,16,17). The molecule has 1 aromatic heterocycles. The smallest absolute Gasteiger partial charge is 0.148 e. The van der Waals surface area contributed by atoms with Crippen molar-refractivity contribution < 1.29 is 5.11 Å². The molecule has 0 spiro atoms. The van der Waals surface area contributed by atoms with Crippen LogP contribution in [0.5, 0.6) is 5.75 Å². The molecule has 3 rings (SSSR count). The summed E-state index contributed by atoms with van der Waals surface area (Å²) in [5, 5.41) is 21.8. The summed E-state index contributed by atoms with van der Waals surface area (Å²) < 4.78 is 0. The Morgan fingerprint density at radius 2 is 2.11 bits per heavy atom. The van der Waals surface area contributed by atoms with E-state index in [0.29, 0.717) is 0 Å². The molecule has 0 amide bonds. The van der Waals surface area contributed by atoms with Gasteiger partial charge in [0.1, 0.15) is 17.3 Å². The van der Waals surface area contributed by atoms with Gasteiger partial charge in [-0.25, -0.2) is 0 Å². The van der Waals surface area contributed by atoms with Crippen LogP contribution in [-0.2, 0) is 0 Å². The van der Waals surface area contributed by atoms with Gasteiger partial charge in [0.15, 0.2) is 0 Å². The first-order valence-corrected chi connectivity index (χ1v) is 6.57. The van der Waals surface area contributed by atoms with Crippen LogP contribution in [-0.4, -0.2) is 21.8 Å². The molecule has 0 bridgehead atoms. The molecule has 1 unspecified atom stereocenters. The quantitative estimate of drug-likeness (QED) is 0.866. The van der Waals surface area contributed by atoms with E-state index in [9.17, 15) is 5.11 Å². The molecular weight excluding hydrogens is 238 g/mol. The molecule has 0 radical (unpaired) electrons. The number of fused-ring (bicyclic) bond motifs is 3. The lowest BCUT2D eigenvalue weighted by Crippen LogP contribution is -2.02. The SMILES string of the molecule is CCNc1cc2c(nn1)-c1c(O)ccc(C)c1C2C. The Balaban J connectivity index is 2.22. The molecule has 4 nitrogen and oxygen atoms in total. The predicted octanol–water partition coefficient (Wildman–Crippen LogP) is 3.05. The zero-order chi connectivity index (χ0) is 13.6. The number of anilines is 1. The minimum atomic E-state index is 0.241. The topological polar surface area (TPSA) is 58.0 Å². The van der Waals surface area contributed by atoms with Crippen molar-refractivity contribution in [3.63, 3.8) is 0 Å². The number of phenolic OH excluding ortho intramolecular Hbond substituents is 1. The Hall–Kier alpha value is -2.10. The Bertz CT molecular complexity index is 652. The second-order valence-electron chi connectivity index (χ2n) is 4.98. The Labute approximate surface area is 112 Å². The third kappa shape index (κ3) is 1.67. The van der Waals surface area contributed by atoms with Gasteiger partial charge < -0.3 is 10.4 Å². The number of phenols is 1. The highest BCUT2D eigenvalue weighted by Crippen LogP contribution is 2.48. The average Bonchev–Trinajstić information content (AvgIpc) is 2.69. The van der Waals surface area contributed by atoms with Crippen LogP contribution in [0.4, 0.5) is 5.82 Å². The van der Waals surface area contributed by atoms with E-state index in [-0.39, 0.29) is 11.7 Å². The van der Waals surface area contributed by atoms with E-state index in [1.807, 2.05) is 19.1 Å². The van der Waals surface area contributed by atoms with Crippen molar-refractivity contribution in [2.45, 2.75) is 26.7 Å². The molecule has 1 heterocycles. The lowest BCUT2D eigenvalue weighted by atomic mass is 9.95. The van der Waals surface area contributed by atoms with Crippen molar-refractivity contribution in [3.05, 3.63) is 34.9 Å². The summed E-state index contributed by atoms with van der Waals surface area (Å²) in [4.78, 5) is 0. The number of hydrogen-bond acceptors (Lipinski definition) is 4. The Kier molecular flexibility index (Phi) is 2.66. The van der Waals surface area contributed by atoms with Crippen LogP contribution >= 0.6 is 0 Å². The first kappa shape index (κ1) is 12.0. The molecule has 2 aromatic rings. The van der Waals surface area contributed by atoms with Crippen molar-refractivity contribution in [2.75, 3.05) is 11.9 Å². The van der Waals surface area contributed by atoms with Crippen LogP contribution in [0.2, 0.25) is 0 Å². The number of aryl methyl sites for hydroxylation is 1. The summed E-state index contributed by atoms with van der Waals surface area (Å²) in [5.41, 5.74) is 5.13. The molecule has 0 saturated heterocycles. The van der Waals surface area contributed by atoms with E-state index in [0.717, 1.165) is 34.7 Å². The van der Waals surface area contributed by atoms with E-state index in [4.69, 9.17) is 0 Å². The Morgan fingerprint density at radius 1 is 1.32 bits per heavy atom. The van der Waals surface area contributed by atoms with Gasteiger partial charge in [-0.1, -0.05) is 13.0 Å². The summed E-state index contributed by atoms with van der Waals surface area (Å²) in [7, 11) is 0. The van der Waals surface area contributed by atoms with Gasteiger partial charge in [0.2, 0.25) is 0 Å². The largest absolute Gasteiger partial charge is 0.507 e. The van der Waals surface area contributed by atoms with Crippen LogP contribution in [0, 0.1) is 6.92 Å². The molecule has 1 aliphatic carbocycles. The molecule has 0 fully saturated rings. The summed E-state index contributed by atoms with van der Waals surface area (Å²) in [6.45, 7) is 7.07. The summed E-state index contributed by atoms with van der Waals surface area (Å²) in [6.07, 6.45) is 0. The van der Waals surface area contributed by atoms with E-state index in [1.165, 1.54) is 5.56 Å². The Morgan fingerprint density at radius 3 is 2.84 bits per heavy atom. The first-order chi connectivity index (χ1) is 9.13. The van der Waals surface area contributed by atoms with Crippen molar-refractivity contribution >= 4 is 5.82 Å². The lowest BCUT2D eigenvalue weighted by Gasteiger charge is -2.10. The first-order valence-electron chi connectivity index (χ1n) is 6.57. The average molecular weight is 255 g/mol. The third-order valence-corrected chi connectivity index (χ3v) is 3.76. The maximum absolute atomic E-state index is 10.1. The van der Waals surface area contributed by atoms with E-state index < -0.39 is 0 Å². The minimum Gasteiger partial charge on any atom is -0.507 e. The summed E-state index contributed by atoms with van der Waals surface area (Å²) >= 11 is 0. The zero-order valence-electron chi connectivity index (χ0n) is 11.4. The molecule has 0 aliphatic heterocycles. The molecule has 1 atom stereocenters. The van der Waals surface area contributed by atoms with Gasteiger partial charge in [-0.15, -0.1) is 10.2 Å². The number of aromatic nitrogens is 2. The van der Waals surface area contributed by atoms with Crippen LogP contribution in [0.25, 0.3) is 11.3 Å². The summed E-state index contributed by atoms with van der Waals surface area (Å²) in [5.74, 6) is 1.32. The van der Waals surface area contributed by atoms with Gasteiger partial charge in [-0.2, -0.15) is 0 Å². The molecule has 2 N–H and O–H groups in total. The van der Waals surface area contributed by atoms with E-state index >= 15 is 0 Å². The van der Waals surface area contributed by atoms with Crippen molar-refractivity contribution in [2.24, 2.45) is 0 Å². The normalized spacial score (nSPS) is 16.1. The lowest BCUT2D eigenvalue weighted by molar-refractivity contribution is 0.476. The predicted molar refractivity (Wildman–Crippen MR) is 75.6 cm³/mol. The highest BCUT2D eigenvalue weighted by atomic mass is 16.3. The van der Waals surface area contributed by atoms with Crippen LogP contribution in [0.15, 0.2) is 18.2 Å². The maximum Gasteiger partial charge on any atom is 0.148 e. The highest BCUT2D eigenvalue weighted by Gasteiger charge is 2.31. The molecule has 98 valence electrons. The van der Waals surface area contributed by atoms with Gasteiger partial charge in [0.25, 0.3) is 0 Å². The van der Waals surface area contributed by atoms with Crippen molar-refractivity contribution in [3.8, 4) is 17.0 Å². The van der Waals surface area contributed by atoms with Gasteiger partial charge >= 0.3 is 0 Å². The van der Waals surface area contributed by atoms with Crippen LogP contribution in [0.1, 0.15) is 36.5 Å². The maximum atomic E-state index is 10.1. The number of benzene rings is 1. The zero-order valence-corrected chi connectivity index (χ0v) is 11.4. The molecular formula is C15H17N3O. The van der Waals surface area contributed by atoms with Gasteiger partial charge in [0.05, 0.1) is 0 Å². The fraction of sp³-hybridized carbons (Fsp3) is 0.333. The molecule has 4 heteroatoms. The minimum absolute atomic E-state index is 0.241.